The lowest BCUT2D eigenvalue weighted by Gasteiger charge is -2.39. The molecule has 2 heterocycles. The summed E-state index contributed by atoms with van der Waals surface area (Å²) >= 11 is 6.47. The van der Waals surface area contributed by atoms with Gasteiger partial charge in [-0.05, 0) is 76.5 Å². The van der Waals surface area contributed by atoms with Gasteiger partial charge in [-0.15, -0.1) is 0 Å². The number of nitrogens with zero attached hydrogens (tertiary/aromatic N) is 1. The van der Waals surface area contributed by atoms with E-state index in [1.54, 1.807) is 6.07 Å². The van der Waals surface area contributed by atoms with Crippen LogP contribution in [0.15, 0.2) is 18.2 Å². The standard InChI is InChI=1S/C25H37ClN2O3/c1-25(2)16-18(11-14-30-25)17-28-12-9-21(10-13-28)31-23-8-7-19(15-22(23)26)24(29)27-20-5-3-4-6-20/h7-8,15,18,20-21H,3-6,9-14,16-17H2,1-2H3,(H,27,29)/t18-/m0/s1. The smallest absolute Gasteiger partial charge is 0.251 e. The Morgan fingerprint density at radius 1 is 1.19 bits per heavy atom. The van der Waals surface area contributed by atoms with E-state index in [1.165, 1.54) is 12.8 Å². The zero-order valence-electron chi connectivity index (χ0n) is 19.0. The van der Waals surface area contributed by atoms with Gasteiger partial charge in [-0.25, -0.2) is 0 Å². The molecule has 2 saturated heterocycles. The van der Waals surface area contributed by atoms with Crippen molar-refractivity contribution < 1.29 is 14.3 Å². The summed E-state index contributed by atoms with van der Waals surface area (Å²) < 4.78 is 12.1. The summed E-state index contributed by atoms with van der Waals surface area (Å²) in [6, 6.07) is 5.72. The van der Waals surface area contributed by atoms with E-state index in [4.69, 9.17) is 21.1 Å². The zero-order chi connectivity index (χ0) is 21.8. The lowest BCUT2D eigenvalue weighted by molar-refractivity contribution is -0.0782. The van der Waals surface area contributed by atoms with Crippen LogP contribution in [0.1, 0.15) is 75.6 Å². The van der Waals surface area contributed by atoms with Crippen LogP contribution in [0.25, 0.3) is 0 Å². The summed E-state index contributed by atoms with van der Waals surface area (Å²) in [5, 5.41) is 3.63. The van der Waals surface area contributed by atoms with Crippen molar-refractivity contribution >= 4 is 17.5 Å². The molecule has 1 saturated carbocycles. The molecule has 1 amide bonds. The van der Waals surface area contributed by atoms with Gasteiger partial charge in [0.05, 0.1) is 10.6 Å². The zero-order valence-corrected chi connectivity index (χ0v) is 19.8. The number of ether oxygens (including phenoxy) is 2. The van der Waals surface area contributed by atoms with Crippen LogP contribution < -0.4 is 10.1 Å². The maximum absolute atomic E-state index is 12.5. The fraction of sp³-hybridized carbons (Fsp3) is 0.720. The molecule has 0 bridgehead atoms. The first-order valence-electron chi connectivity index (χ1n) is 12.0. The minimum absolute atomic E-state index is 0.0151. The van der Waals surface area contributed by atoms with Gasteiger partial charge in [0.15, 0.2) is 0 Å². The first kappa shape index (κ1) is 22.9. The average Bonchev–Trinajstić information content (AvgIpc) is 3.23. The number of halogens is 1. The Bertz CT molecular complexity index is 755. The van der Waals surface area contributed by atoms with Gasteiger partial charge in [0, 0.05) is 37.8 Å². The van der Waals surface area contributed by atoms with Crippen molar-refractivity contribution in [3.05, 3.63) is 28.8 Å². The van der Waals surface area contributed by atoms with Gasteiger partial charge in [0.2, 0.25) is 0 Å². The van der Waals surface area contributed by atoms with Crippen LogP contribution in [0.4, 0.5) is 0 Å². The Labute approximate surface area is 191 Å². The molecule has 31 heavy (non-hydrogen) atoms. The average molecular weight is 449 g/mol. The summed E-state index contributed by atoms with van der Waals surface area (Å²) in [7, 11) is 0. The molecule has 1 aromatic rings. The van der Waals surface area contributed by atoms with Crippen LogP contribution in [0, 0.1) is 5.92 Å². The van der Waals surface area contributed by atoms with Gasteiger partial charge in [0.1, 0.15) is 11.9 Å². The number of benzene rings is 1. The monoisotopic (exact) mass is 448 g/mol. The van der Waals surface area contributed by atoms with Crippen LogP contribution in [0.3, 0.4) is 0 Å². The van der Waals surface area contributed by atoms with Gasteiger partial charge in [-0.2, -0.15) is 0 Å². The van der Waals surface area contributed by atoms with Crippen molar-refractivity contribution in [1.29, 1.82) is 0 Å². The molecule has 3 aliphatic rings. The third-order valence-corrected chi connectivity index (χ3v) is 7.32. The number of hydrogen-bond acceptors (Lipinski definition) is 4. The molecular formula is C25H37ClN2O3. The lowest BCUT2D eigenvalue weighted by atomic mass is 9.87. The topological polar surface area (TPSA) is 50.8 Å². The van der Waals surface area contributed by atoms with E-state index >= 15 is 0 Å². The third-order valence-electron chi connectivity index (χ3n) is 7.03. The number of carbonyl (C=O) groups excluding carboxylic acids is 1. The lowest BCUT2D eigenvalue weighted by Crippen LogP contribution is -2.44. The fourth-order valence-electron chi connectivity index (χ4n) is 5.34. The first-order valence-corrected chi connectivity index (χ1v) is 12.4. The molecule has 4 rings (SSSR count). The highest BCUT2D eigenvalue weighted by molar-refractivity contribution is 6.32. The Morgan fingerprint density at radius 2 is 1.94 bits per heavy atom. The molecule has 0 spiro atoms. The SMILES string of the molecule is CC1(C)C[C@@H](CN2CCC(Oc3ccc(C(=O)NC4CCCC4)cc3Cl)CC2)CCO1. The molecule has 2 aliphatic heterocycles. The van der Waals surface area contributed by atoms with Crippen molar-refractivity contribution in [2.24, 2.45) is 5.92 Å². The van der Waals surface area contributed by atoms with E-state index in [9.17, 15) is 4.79 Å². The van der Waals surface area contributed by atoms with E-state index < -0.39 is 0 Å². The minimum atomic E-state index is -0.0371. The normalized spacial score (nSPS) is 25.5. The van der Waals surface area contributed by atoms with Crippen LogP contribution in [0.5, 0.6) is 5.75 Å². The van der Waals surface area contributed by atoms with E-state index in [0.717, 1.165) is 70.7 Å². The Morgan fingerprint density at radius 3 is 2.61 bits per heavy atom. The first-order chi connectivity index (χ1) is 14.9. The number of amides is 1. The second-order valence-electron chi connectivity index (χ2n) is 10.2. The number of likely N-dealkylation sites (tertiary alicyclic amines) is 1. The number of carbonyl (C=O) groups is 1. The molecule has 1 atom stereocenters. The quantitative estimate of drug-likeness (QED) is 0.660. The highest BCUT2D eigenvalue weighted by Crippen LogP contribution is 2.31. The molecule has 1 aliphatic carbocycles. The molecule has 0 aromatic heterocycles. The van der Waals surface area contributed by atoms with Crippen molar-refractivity contribution in [2.75, 3.05) is 26.2 Å². The third kappa shape index (κ3) is 6.36. The van der Waals surface area contributed by atoms with Crippen molar-refractivity contribution in [1.82, 2.24) is 10.2 Å². The van der Waals surface area contributed by atoms with Crippen molar-refractivity contribution in [3.63, 3.8) is 0 Å². The molecule has 3 fully saturated rings. The van der Waals surface area contributed by atoms with Crippen LogP contribution in [-0.2, 0) is 4.74 Å². The van der Waals surface area contributed by atoms with Crippen LogP contribution in [-0.4, -0.2) is 54.8 Å². The Hall–Kier alpha value is -1.30. The summed E-state index contributed by atoms with van der Waals surface area (Å²) in [6.07, 6.45) is 9.04. The largest absolute Gasteiger partial charge is 0.489 e. The van der Waals surface area contributed by atoms with Crippen LogP contribution >= 0.6 is 11.6 Å². The van der Waals surface area contributed by atoms with Crippen molar-refractivity contribution in [3.8, 4) is 5.75 Å². The molecule has 0 radical (unpaired) electrons. The second-order valence-corrected chi connectivity index (χ2v) is 10.6. The minimum Gasteiger partial charge on any atom is -0.489 e. The van der Waals surface area contributed by atoms with Crippen molar-refractivity contribution in [2.45, 2.75) is 83.0 Å². The molecule has 1 aromatic carbocycles. The molecule has 1 N–H and O–H groups in total. The molecule has 6 heteroatoms. The summed E-state index contributed by atoms with van der Waals surface area (Å²) in [5.74, 6) is 1.37. The summed E-state index contributed by atoms with van der Waals surface area (Å²) in [4.78, 5) is 15.0. The second kappa shape index (κ2) is 10.1. The molecule has 172 valence electrons. The van der Waals surface area contributed by atoms with E-state index in [-0.39, 0.29) is 17.6 Å². The highest BCUT2D eigenvalue weighted by Gasteiger charge is 2.31. The number of piperidine rings is 1. The van der Waals surface area contributed by atoms with E-state index in [2.05, 4.69) is 24.1 Å². The van der Waals surface area contributed by atoms with E-state index in [0.29, 0.717) is 22.4 Å². The number of rotatable bonds is 6. The van der Waals surface area contributed by atoms with Gasteiger partial charge in [-0.1, -0.05) is 24.4 Å². The van der Waals surface area contributed by atoms with Gasteiger partial charge >= 0.3 is 0 Å². The van der Waals surface area contributed by atoms with E-state index in [1.807, 2.05) is 12.1 Å². The van der Waals surface area contributed by atoms with Gasteiger partial charge in [-0.3, -0.25) is 4.79 Å². The summed E-state index contributed by atoms with van der Waals surface area (Å²) in [5.41, 5.74) is 0.625. The molecule has 0 unspecified atom stereocenters. The molecular weight excluding hydrogens is 412 g/mol. The number of nitrogens with one attached hydrogen (secondary N) is 1. The highest BCUT2D eigenvalue weighted by atomic mass is 35.5. The van der Waals surface area contributed by atoms with Gasteiger partial charge < -0.3 is 19.7 Å². The Kier molecular flexibility index (Phi) is 7.45. The van der Waals surface area contributed by atoms with Gasteiger partial charge in [0.25, 0.3) is 5.91 Å². The maximum atomic E-state index is 12.5. The summed E-state index contributed by atoms with van der Waals surface area (Å²) in [6.45, 7) is 8.55. The Balaban J connectivity index is 1.24. The molecule has 5 nitrogen and oxygen atoms in total. The maximum Gasteiger partial charge on any atom is 0.251 e. The predicted molar refractivity (Wildman–Crippen MR) is 124 cm³/mol. The fourth-order valence-corrected chi connectivity index (χ4v) is 5.57. The predicted octanol–water partition coefficient (Wildman–Crippen LogP) is 5.06. The van der Waals surface area contributed by atoms with Crippen LogP contribution in [0.2, 0.25) is 5.02 Å². The number of hydrogen-bond donors (Lipinski definition) is 1.